The first-order valence-corrected chi connectivity index (χ1v) is 5.84. The van der Waals surface area contributed by atoms with E-state index in [1.807, 2.05) is 30.3 Å². The molecule has 3 nitrogen and oxygen atoms in total. The molecule has 4 heteroatoms. The second-order valence-corrected chi connectivity index (χ2v) is 4.21. The number of allylic oxidation sites excluding steroid dienone is 2. The Balaban J connectivity index is 2.56. The highest BCUT2D eigenvalue weighted by atomic mass is 79.9. The largest absolute Gasteiger partial charge is 0.311 e. The summed E-state index contributed by atoms with van der Waals surface area (Å²) in [5.74, 6) is -0.163. The van der Waals surface area contributed by atoms with Crippen molar-refractivity contribution >= 4 is 33.7 Å². The van der Waals surface area contributed by atoms with Crippen molar-refractivity contribution in [2.75, 3.05) is 0 Å². The predicted octanol–water partition coefficient (Wildman–Crippen LogP) is 3.13. The standard InChI is InChI=1S/C13H13BrN2O/c1-10(15)16-13(17)9-5-3-7-11-6-2-4-8-12(11)14/h2-9H,1H3,(H2,15,16,17)/b7-3+,9-5+. The summed E-state index contributed by atoms with van der Waals surface area (Å²) in [4.78, 5) is 11.1. The van der Waals surface area contributed by atoms with Crippen LogP contribution in [0.2, 0.25) is 0 Å². The maximum Gasteiger partial charge on any atom is 0.249 e. The summed E-state index contributed by atoms with van der Waals surface area (Å²) in [6.07, 6.45) is 6.69. The zero-order valence-corrected chi connectivity index (χ0v) is 11.0. The highest BCUT2D eigenvalue weighted by molar-refractivity contribution is 9.10. The lowest BCUT2D eigenvalue weighted by molar-refractivity contribution is -0.115. The Kier molecular flexibility index (Phi) is 5.36. The molecule has 0 heterocycles. The van der Waals surface area contributed by atoms with Gasteiger partial charge in [-0.1, -0.05) is 52.4 Å². The van der Waals surface area contributed by atoms with Crippen molar-refractivity contribution in [1.29, 1.82) is 5.41 Å². The topological polar surface area (TPSA) is 53.0 Å². The molecule has 1 amide bonds. The van der Waals surface area contributed by atoms with Gasteiger partial charge in [-0.25, -0.2) is 0 Å². The normalized spacial score (nSPS) is 10.9. The fourth-order valence-corrected chi connectivity index (χ4v) is 1.56. The summed E-state index contributed by atoms with van der Waals surface area (Å²) in [6, 6.07) is 7.81. The van der Waals surface area contributed by atoms with Gasteiger partial charge in [0, 0.05) is 10.5 Å². The summed E-state index contributed by atoms with van der Waals surface area (Å²) >= 11 is 3.43. The van der Waals surface area contributed by atoms with E-state index in [0.717, 1.165) is 10.0 Å². The van der Waals surface area contributed by atoms with Crippen LogP contribution >= 0.6 is 15.9 Å². The van der Waals surface area contributed by atoms with E-state index < -0.39 is 0 Å². The van der Waals surface area contributed by atoms with Gasteiger partial charge in [-0.2, -0.15) is 0 Å². The fraction of sp³-hybridized carbons (Fsp3) is 0.0769. The van der Waals surface area contributed by atoms with Gasteiger partial charge in [-0.3, -0.25) is 10.2 Å². The molecule has 17 heavy (non-hydrogen) atoms. The first kappa shape index (κ1) is 13.4. The number of amidine groups is 1. The van der Waals surface area contributed by atoms with E-state index in [4.69, 9.17) is 5.41 Å². The van der Waals surface area contributed by atoms with Crippen LogP contribution in [0.25, 0.3) is 6.08 Å². The second kappa shape index (κ2) is 6.81. The minimum Gasteiger partial charge on any atom is -0.311 e. The monoisotopic (exact) mass is 292 g/mol. The summed E-state index contributed by atoms with van der Waals surface area (Å²) in [6.45, 7) is 1.52. The molecule has 0 aromatic heterocycles. The molecule has 0 aliphatic carbocycles. The number of carbonyl (C=O) groups excluding carboxylic acids is 1. The summed E-state index contributed by atoms with van der Waals surface area (Å²) in [5.41, 5.74) is 1.04. The number of hydrogen-bond donors (Lipinski definition) is 2. The van der Waals surface area contributed by atoms with Crippen LogP contribution in [0.4, 0.5) is 0 Å². The van der Waals surface area contributed by atoms with Crippen LogP contribution in [0.1, 0.15) is 12.5 Å². The molecule has 1 aromatic carbocycles. The highest BCUT2D eigenvalue weighted by Crippen LogP contribution is 2.16. The van der Waals surface area contributed by atoms with Crippen LogP contribution in [0, 0.1) is 5.41 Å². The molecule has 1 aromatic rings. The lowest BCUT2D eigenvalue weighted by atomic mass is 10.2. The molecule has 2 N–H and O–H groups in total. The van der Waals surface area contributed by atoms with E-state index >= 15 is 0 Å². The Morgan fingerprint density at radius 3 is 2.71 bits per heavy atom. The SMILES string of the molecule is CC(=N)NC(=O)/C=C/C=C/c1ccccc1Br. The number of nitrogens with one attached hydrogen (secondary N) is 2. The third-order valence-electron chi connectivity index (χ3n) is 1.85. The molecule has 0 unspecified atom stereocenters. The van der Waals surface area contributed by atoms with E-state index in [2.05, 4.69) is 21.2 Å². The third-order valence-corrected chi connectivity index (χ3v) is 2.57. The van der Waals surface area contributed by atoms with Crippen LogP contribution in [0.3, 0.4) is 0 Å². The predicted molar refractivity (Wildman–Crippen MR) is 73.9 cm³/mol. The van der Waals surface area contributed by atoms with Gasteiger partial charge < -0.3 is 5.32 Å². The molecule has 0 atom stereocenters. The molecule has 0 spiro atoms. The van der Waals surface area contributed by atoms with Crippen LogP contribution in [-0.2, 0) is 4.79 Å². The Bertz CT molecular complexity index is 478. The molecular weight excluding hydrogens is 280 g/mol. The summed E-state index contributed by atoms with van der Waals surface area (Å²) < 4.78 is 1.00. The van der Waals surface area contributed by atoms with E-state index in [9.17, 15) is 4.79 Å². The van der Waals surface area contributed by atoms with E-state index in [0.29, 0.717) is 0 Å². The fourth-order valence-electron chi connectivity index (χ4n) is 1.14. The molecular formula is C13H13BrN2O. The number of benzene rings is 1. The third kappa shape index (κ3) is 5.26. The Labute approximate surface area is 109 Å². The van der Waals surface area contributed by atoms with Crippen LogP contribution in [0.15, 0.2) is 47.0 Å². The molecule has 1 rings (SSSR count). The number of hydrogen-bond acceptors (Lipinski definition) is 2. The van der Waals surface area contributed by atoms with Gasteiger partial charge in [0.25, 0.3) is 0 Å². The van der Waals surface area contributed by atoms with Crippen molar-refractivity contribution < 1.29 is 4.79 Å². The van der Waals surface area contributed by atoms with Gasteiger partial charge in [0.2, 0.25) is 5.91 Å². The average Bonchev–Trinajstić information content (AvgIpc) is 2.25. The molecule has 0 aliphatic heterocycles. The second-order valence-electron chi connectivity index (χ2n) is 3.35. The molecule has 0 aliphatic rings. The minimum absolute atomic E-state index is 0.134. The van der Waals surface area contributed by atoms with E-state index in [1.165, 1.54) is 13.0 Å². The first-order valence-electron chi connectivity index (χ1n) is 5.05. The van der Waals surface area contributed by atoms with Crippen molar-refractivity contribution in [2.24, 2.45) is 0 Å². The zero-order valence-electron chi connectivity index (χ0n) is 9.41. The molecule has 0 bridgehead atoms. The Morgan fingerprint density at radius 1 is 1.35 bits per heavy atom. The van der Waals surface area contributed by atoms with Crippen molar-refractivity contribution in [3.05, 3.63) is 52.5 Å². The molecule has 0 saturated carbocycles. The van der Waals surface area contributed by atoms with Gasteiger partial charge in [0.15, 0.2) is 0 Å². The van der Waals surface area contributed by atoms with Crippen molar-refractivity contribution in [3.63, 3.8) is 0 Å². The molecule has 0 radical (unpaired) electrons. The highest BCUT2D eigenvalue weighted by Gasteiger charge is 1.93. The van der Waals surface area contributed by atoms with E-state index in [-0.39, 0.29) is 11.7 Å². The van der Waals surface area contributed by atoms with E-state index in [1.54, 1.807) is 12.2 Å². The lowest BCUT2D eigenvalue weighted by Gasteiger charge is -1.96. The zero-order chi connectivity index (χ0) is 12.7. The van der Waals surface area contributed by atoms with Crippen LogP contribution in [0.5, 0.6) is 0 Å². The van der Waals surface area contributed by atoms with Crippen LogP contribution < -0.4 is 5.32 Å². The summed E-state index contributed by atoms with van der Waals surface area (Å²) in [7, 11) is 0. The number of halogens is 1. The number of rotatable bonds is 3. The smallest absolute Gasteiger partial charge is 0.249 e. The molecule has 0 fully saturated rings. The van der Waals surface area contributed by atoms with Gasteiger partial charge in [0.1, 0.15) is 0 Å². The van der Waals surface area contributed by atoms with Crippen molar-refractivity contribution in [3.8, 4) is 0 Å². The average molecular weight is 293 g/mol. The number of carbonyl (C=O) groups is 1. The minimum atomic E-state index is -0.297. The first-order chi connectivity index (χ1) is 8.09. The Morgan fingerprint density at radius 2 is 2.06 bits per heavy atom. The lowest BCUT2D eigenvalue weighted by Crippen LogP contribution is -2.25. The maximum atomic E-state index is 11.1. The maximum absolute atomic E-state index is 11.1. The Hall–Kier alpha value is -1.68. The van der Waals surface area contributed by atoms with Gasteiger partial charge in [-0.05, 0) is 18.6 Å². The van der Waals surface area contributed by atoms with Gasteiger partial charge in [0.05, 0.1) is 5.84 Å². The number of amides is 1. The van der Waals surface area contributed by atoms with Crippen LogP contribution in [-0.4, -0.2) is 11.7 Å². The van der Waals surface area contributed by atoms with Gasteiger partial charge in [-0.15, -0.1) is 0 Å². The van der Waals surface area contributed by atoms with Crippen molar-refractivity contribution in [1.82, 2.24) is 5.32 Å². The molecule has 88 valence electrons. The molecule has 0 saturated heterocycles. The van der Waals surface area contributed by atoms with Crippen molar-refractivity contribution in [2.45, 2.75) is 6.92 Å². The summed E-state index contributed by atoms with van der Waals surface area (Å²) in [5, 5.41) is 9.44. The quantitative estimate of drug-likeness (QED) is 0.382. The van der Waals surface area contributed by atoms with Gasteiger partial charge >= 0.3 is 0 Å².